The molecule has 0 radical (unpaired) electrons. The van der Waals surface area contributed by atoms with E-state index in [1.54, 1.807) is 12.1 Å². The summed E-state index contributed by atoms with van der Waals surface area (Å²) in [6.45, 7) is 11.1. The van der Waals surface area contributed by atoms with Crippen molar-refractivity contribution in [1.29, 1.82) is 0 Å². The molecule has 194 valence electrons. The molecule has 35 heavy (non-hydrogen) atoms. The maximum Gasteiger partial charge on any atom is 0.338 e. The quantitative estimate of drug-likeness (QED) is 0.276. The fraction of sp³-hybridized carbons (Fsp3) is 0.500. The Morgan fingerprint density at radius 2 is 1.66 bits per heavy atom. The SMILES string of the molecule is CCCCNc1ccc(C(=O)OCCN(C)C)cc1.CCCNC(C)C(=O)Nc1ccccc1C. The van der Waals surface area contributed by atoms with Crippen molar-refractivity contribution in [3.8, 4) is 0 Å². The van der Waals surface area contributed by atoms with Crippen molar-refractivity contribution in [2.75, 3.05) is 51.0 Å². The molecule has 0 saturated heterocycles. The number of nitrogens with zero attached hydrogens (tertiary/aromatic N) is 1. The number of likely N-dealkylation sites (N-methyl/N-ethyl adjacent to an activating group) is 1. The molecule has 2 aromatic rings. The third-order valence-electron chi connectivity index (χ3n) is 5.25. The second-order valence-electron chi connectivity index (χ2n) is 8.78. The first-order valence-corrected chi connectivity index (χ1v) is 12.5. The van der Waals surface area contributed by atoms with E-state index >= 15 is 0 Å². The van der Waals surface area contributed by atoms with Crippen LogP contribution in [0, 0.1) is 6.92 Å². The highest BCUT2D eigenvalue weighted by atomic mass is 16.5. The molecule has 1 unspecified atom stereocenters. The van der Waals surface area contributed by atoms with Gasteiger partial charge >= 0.3 is 5.97 Å². The van der Waals surface area contributed by atoms with Crippen LogP contribution in [-0.4, -0.2) is 63.2 Å². The molecule has 0 aromatic heterocycles. The molecule has 0 spiro atoms. The smallest absolute Gasteiger partial charge is 0.338 e. The lowest BCUT2D eigenvalue weighted by Crippen LogP contribution is -2.38. The molecule has 0 heterocycles. The van der Waals surface area contributed by atoms with Gasteiger partial charge in [0.2, 0.25) is 5.91 Å². The number of carbonyl (C=O) groups excluding carboxylic acids is 2. The van der Waals surface area contributed by atoms with Crippen LogP contribution in [-0.2, 0) is 9.53 Å². The highest BCUT2D eigenvalue weighted by molar-refractivity contribution is 5.95. The molecule has 0 bridgehead atoms. The molecule has 7 heteroatoms. The summed E-state index contributed by atoms with van der Waals surface area (Å²) in [4.78, 5) is 25.5. The molecule has 2 aromatic carbocycles. The molecule has 1 amide bonds. The lowest BCUT2D eigenvalue weighted by atomic mass is 10.2. The van der Waals surface area contributed by atoms with Gasteiger partial charge in [-0.25, -0.2) is 4.79 Å². The standard InChI is InChI=1S/C15H24N2O2.C13H20N2O/c1-4-5-10-16-14-8-6-13(7-9-14)15(18)19-12-11-17(2)3;1-4-9-14-11(3)13(16)15-12-8-6-5-7-10(12)2/h6-9,16H,4-5,10-12H2,1-3H3;5-8,11,14H,4,9H2,1-3H3,(H,15,16). The summed E-state index contributed by atoms with van der Waals surface area (Å²) in [6, 6.07) is 15.1. The summed E-state index contributed by atoms with van der Waals surface area (Å²) in [5.41, 5.74) is 3.61. The lowest BCUT2D eigenvalue weighted by molar-refractivity contribution is -0.117. The van der Waals surface area contributed by atoms with Crippen molar-refractivity contribution in [3.05, 3.63) is 59.7 Å². The van der Waals surface area contributed by atoms with E-state index in [1.807, 2.05) is 69.2 Å². The number of unbranched alkanes of at least 4 members (excludes halogenated alkanes) is 1. The van der Waals surface area contributed by atoms with E-state index < -0.39 is 0 Å². The van der Waals surface area contributed by atoms with Crippen molar-refractivity contribution < 1.29 is 14.3 Å². The lowest BCUT2D eigenvalue weighted by Gasteiger charge is -2.14. The van der Waals surface area contributed by atoms with Crippen molar-refractivity contribution in [1.82, 2.24) is 10.2 Å². The maximum atomic E-state index is 11.8. The Hall–Kier alpha value is -2.90. The molecular weight excluding hydrogens is 440 g/mol. The Balaban J connectivity index is 0.000000355. The van der Waals surface area contributed by atoms with Crippen LogP contribution in [0.1, 0.15) is 56.0 Å². The number of ether oxygens (including phenoxy) is 1. The van der Waals surface area contributed by atoms with Crippen molar-refractivity contribution in [2.45, 2.75) is 53.0 Å². The zero-order valence-electron chi connectivity index (χ0n) is 22.3. The highest BCUT2D eigenvalue weighted by Crippen LogP contribution is 2.13. The molecule has 0 fully saturated rings. The van der Waals surface area contributed by atoms with Crippen LogP contribution >= 0.6 is 0 Å². The average Bonchev–Trinajstić information content (AvgIpc) is 2.84. The van der Waals surface area contributed by atoms with Crippen LogP contribution < -0.4 is 16.0 Å². The minimum Gasteiger partial charge on any atom is -0.461 e. The fourth-order valence-electron chi connectivity index (χ4n) is 2.95. The summed E-state index contributed by atoms with van der Waals surface area (Å²) in [5.74, 6) is -0.246. The summed E-state index contributed by atoms with van der Waals surface area (Å²) >= 11 is 0. The van der Waals surface area contributed by atoms with Crippen molar-refractivity contribution in [2.24, 2.45) is 0 Å². The molecule has 2 rings (SSSR count). The van der Waals surface area contributed by atoms with Gasteiger partial charge in [0.1, 0.15) is 6.61 Å². The van der Waals surface area contributed by atoms with Gasteiger partial charge in [-0.05, 0) is 83.2 Å². The van der Waals surface area contributed by atoms with Gasteiger partial charge in [-0.2, -0.15) is 0 Å². The number of rotatable bonds is 13. The first-order chi connectivity index (χ1) is 16.8. The number of hydrogen-bond donors (Lipinski definition) is 3. The van der Waals surface area contributed by atoms with Gasteiger partial charge in [-0.1, -0.05) is 38.5 Å². The molecule has 0 saturated carbocycles. The molecule has 0 aliphatic carbocycles. The van der Waals surface area contributed by atoms with Crippen LogP contribution in [0.3, 0.4) is 0 Å². The van der Waals surface area contributed by atoms with E-state index in [0.29, 0.717) is 12.2 Å². The normalized spacial score (nSPS) is 11.3. The molecule has 3 N–H and O–H groups in total. The molecular formula is C28H44N4O3. The largest absolute Gasteiger partial charge is 0.461 e. The first kappa shape index (κ1) is 30.1. The van der Waals surface area contributed by atoms with Crippen molar-refractivity contribution in [3.63, 3.8) is 0 Å². The van der Waals surface area contributed by atoms with Crippen LogP contribution in [0.15, 0.2) is 48.5 Å². The minimum atomic E-state index is -0.262. The van der Waals surface area contributed by atoms with E-state index in [4.69, 9.17) is 4.74 Å². The number of anilines is 2. The van der Waals surface area contributed by atoms with Gasteiger partial charge in [0, 0.05) is 24.5 Å². The van der Waals surface area contributed by atoms with E-state index in [0.717, 1.165) is 49.4 Å². The van der Waals surface area contributed by atoms with E-state index in [2.05, 4.69) is 29.8 Å². The Bertz CT molecular complexity index is 869. The molecule has 0 aliphatic heterocycles. The Morgan fingerprint density at radius 1 is 0.971 bits per heavy atom. The van der Waals surface area contributed by atoms with Crippen LogP contribution in [0.4, 0.5) is 11.4 Å². The zero-order chi connectivity index (χ0) is 26.1. The van der Waals surface area contributed by atoms with Gasteiger partial charge in [0.15, 0.2) is 0 Å². The second-order valence-corrected chi connectivity index (χ2v) is 8.78. The first-order valence-electron chi connectivity index (χ1n) is 12.5. The third kappa shape index (κ3) is 12.9. The summed E-state index contributed by atoms with van der Waals surface area (Å²) < 4.78 is 5.18. The zero-order valence-corrected chi connectivity index (χ0v) is 22.3. The number of nitrogens with one attached hydrogen (secondary N) is 3. The van der Waals surface area contributed by atoms with Crippen molar-refractivity contribution >= 4 is 23.3 Å². The number of para-hydroxylation sites is 1. The third-order valence-corrected chi connectivity index (χ3v) is 5.25. The van der Waals surface area contributed by atoms with Gasteiger partial charge in [0.25, 0.3) is 0 Å². The Morgan fingerprint density at radius 3 is 2.26 bits per heavy atom. The maximum absolute atomic E-state index is 11.8. The van der Waals surface area contributed by atoms with Crippen LogP contribution in [0.2, 0.25) is 0 Å². The monoisotopic (exact) mass is 484 g/mol. The summed E-state index contributed by atoms with van der Waals surface area (Å²) in [7, 11) is 3.90. The fourth-order valence-corrected chi connectivity index (χ4v) is 2.95. The predicted molar refractivity (Wildman–Crippen MR) is 146 cm³/mol. The molecule has 1 atom stereocenters. The van der Waals surface area contributed by atoms with Gasteiger partial charge < -0.3 is 25.6 Å². The topological polar surface area (TPSA) is 82.7 Å². The summed E-state index contributed by atoms with van der Waals surface area (Å²) in [5, 5.41) is 9.39. The molecule has 7 nitrogen and oxygen atoms in total. The number of benzene rings is 2. The number of amides is 1. The summed E-state index contributed by atoms with van der Waals surface area (Å²) in [6.07, 6.45) is 3.35. The number of aryl methyl sites for hydroxylation is 1. The second kappa shape index (κ2) is 17.5. The van der Waals surface area contributed by atoms with Crippen LogP contribution in [0.25, 0.3) is 0 Å². The Kier molecular flexibility index (Phi) is 15.1. The number of carbonyl (C=O) groups is 2. The Labute approximate surface area is 211 Å². The van der Waals surface area contributed by atoms with Gasteiger partial charge in [0.05, 0.1) is 11.6 Å². The highest BCUT2D eigenvalue weighted by Gasteiger charge is 2.12. The average molecular weight is 485 g/mol. The minimum absolute atomic E-state index is 0.0164. The van der Waals surface area contributed by atoms with Crippen LogP contribution in [0.5, 0.6) is 0 Å². The van der Waals surface area contributed by atoms with E-state index in [1.165, 1.54) is 6.42 Å². The number of hydrogen-bond acceptors (Lipinski definition) is 6. The van der Waals surface area contributed by atoms with E-state index in [9.17, 15) is 9.59 Å². The molecule has 0 aliphatic rings. The number of esters is 1. The van der Waals surface area contributed by atoms with E-state index in [-0.39, 0.29) is 17.9 Å². The van der Waals surface area contributed by atoms with Gasteiger partial charge in [-0.15, -0.1) is 0 Å². The van der Waals surface area contributed by atoms with Gasteiger partial charge in [-0.3, -0.25) is 4.79 Å². The predicted octanol–water partition coefficient (Wildman–Crippen LogP) is 4.94.